The molecule has 2 rings (SSSR count). The third kappa shape index (κ3) is 3.58. The average molecular weight is 391 g/mol. The number of hydrogen-bond donors (Lipinski definition) is 0. The number of ether oxygens (including phenoxy) is 1. The van der Waals surface area contributed by atoms with E-state index in [1.165, 1.54) is 0 Å². The Balaban J connectivity index is 2.21. The van der Waals surface area contributed by atoms with E-state index in [-0.39, 0.29) is 17.6 Å². The molecule has 1 amide bonds. The summed E-state index contributed by atoms with van der Waals surface area (Å²) in [5, 5.41) is 0.732. The van der Waals surface area contributed by atoms with Crippen molar-refractivity contribution in [2.45, 2.75) is 25.6 Å². The number of nitrogens with zero attached hydrogens (tertiary/aromatic N) is 1. The van der Waals surface area contributed by atoms with Crippen LogP contribution in [0.5, 0.6) is 0 Å². The maximum absolute atomic E-state index is 12.6. The van der Waals surface area contributed by atoms with Crippen LogP contribution in [0.1, 0.15) is 24.2 Å². The van der Waals surface area contributed by atoms with Crippen molar-refractivity contribution in [1.29, 1.82) is 0 Å². The van der Waals surface area contributed by atoms with Crippen molar-refractivity contribution >= 4 is 37.8 Å². The SMILES string of the molecule is CC1(C)CN(C(=O)c2ccccc2Br)CC(CBr)O1. The molecule has 0 aliphatic carbocycles. The second-order valence-electron chi connectivity index (χ2n) is 5.32. The minimum Gasteiger partial charge on any atom is -0.368 e. The van der Waals surface area contributed by atoms with Crippen molar-refractivity contribution in [1.82, 2.24) is 4.90 Å². The maximum atomic E-state index is 12.6. The molecule has 1 unspecified atom stereocenters. The first kappa shape index (κ1) is 15.0. The van der Waals surface area contributed by atoms with Crippen LogP contribution in [0.3, 0.4) is 0 Å². The van der Waals surface area contributed by atoms with E-state index in [1.807, 2.05) is 43.0 Å². The Morgan fingerprint density at radius 1 is 1.47 bits per heavy atom. The lowest BCUT2D eigenvalue weighted by Crippen LogP contribution is -2.55. The highest BCUT2D eigenvalue weighted by atomic mass is 79.9. The van der Waals surface area contributed by atoms with Gasteiger partial charge in [-0.1, -0.05) is 28.1 Å². The van der Waals surface area contributed by atoms with Crippen molar-refractivity contribution in [3.8, 4) is 0 Å². The molecule has 3 nitrogen and oxygen atoms in total. The van der Waals surface area contributed by atoms with Crippen LogP contribution in [0.25, 0.3) is 0 Å². The van der Waals surface area contributed by atoms with Crippen molar-refractivity contribution in [2.75, 3.05) is 18.4 Å². The van der Waals surface area contributed by atoms with Crippen LogP contribution >= 0.6 is 31.9 Å². The molecule has 0 bridgehead atoms. The zero-order valence-corrected chi connectivity index (χ0v) is 14.2. The Bertz CT molecular complexity index is 476. The molecule has 1 saturated heterocycles. The molecule has 104 valence electrons. The normalized spacial score (nSPS) is 22.3. The Kier molecular flexibility index (Phi) is 4.69. The number of alkyl halides is 1. The Labute approximate surface area is 130 Å². The quantitative estimate of drug-likeness (QED) is 0.723. The lowest BCUT2D eigenvalue weighted by atomic mass is 10.0. The van der Waals surface area contributed by atoms with Gasteiger partial charge in [-0.25, -0.2) is 0 Å². The van der Waals surface area contributed by atoms with Crippen molar-refractivity contribution < 1.29 is 9.53 Å². The lowest BCUT2D eigenvalue weighted by Gasteiger charge is -2.42. The zero-order chi connectivity index (χ0) is 14.0. The molecule has 0 spiro atoms. The van der Waals surface area contributed by atoms with Crippen molar-refractivity contribution in [3.05, 3.63) is 34.3 Å². The van der Waals surface area contributed by atoms with E-state index in [2.05, 4.69) is 31.9 Å². The summed E-state index contributed by atoms with van der Waals surface area (Å²) in [6, 6.07) is 7.52. The number of benzene rings is 1. The van der Waals surface area contributed by atoms with Gasteiger partial charge in [0.2, 0.25) is 0 Å². The predicted molar refractivity (Wildman–Crippen MR) is 82.8 cm³/mol. The predicted octanol–water partition coefficient (Wildman–Crippen LogP) is 3.46. The second-order valence-corrected chi connectivity index (χ2v) is 6.82. The number of rotatable bonds is 2. The minimum absolute atomic E-state index is 0.0372. The first-order valence-electron chi connectivity index (χ1n) is 6.20. The van der Waals surface area contributed by atoms with Crippen LogP contribution < -0.4 is 0 Å². The summed E-state index contributed by atoms with van der Waals surface area (Å²) < 4.78 is 6.75. The fourth-order valence-corrected chi connectivity index (χ4v) is 3.13. The molecule has 0 saturated carbocycles. The fraction of sp³-hybridized carbons (Fsp3) is 0.500. The van der Waals surface area contributed by atoms with E-state index in [9.17, 15) is 4.79 Å². The van der Waals surface area contributed by atoms with Gasteiger partial charge < -0.3 is 9.64 Å². The van der Waals surface area contributed by atoms with Crippen LogP contribution in [0.2, 0.25) is 0 Å². The molecule has 1 heterocycles. The number of hydrogen-bond acceptors (Lipinski definition) is 2. The minimum atomic E-state index is -0.312. The van der Waals surface area contributed by atoms with Gasteiger partial charge in [0, 0.05) is 22.9 Å². The Hall–Kier alpha value is -0.390. The molecule has 0 N–H and O–H groups in total. The van der Waals surface area contributed by atoms with Crippen molar-refractivity contribution in [2.24, 2.45) is 0 Å². The van der Waals surface area contributed by atoms with Gasteiger partial charge in [-0.2, -0.15) is 0 Å². The van der Waals surface area contributed by atoms with Gasteiger partial charge in [-0.3, -0.25) is 4.79 Å². The molecule has 1 aliphatic heterocycles. The number of halogens is 2. The van der Waals surface area contributed by atoms with E-state index in [0.29, 0.717) is 18.7 Å². The molecule has 0 radical (unpaired) electrons. The molecule has 1 aromatic rings. The number of carbonyl (C=O) groups is 1. The average Bonchev–Trinajstić information content (AvgIpc) is 2.36. The van der Waals surface area contributed by atoms with Gasteiger partial charge in [0.15, 0.2) is 0 Å². The molecule has 19 heavy (non-hydrogen) atoms. The van der Waals surface area contributed by atoms with Crippen molar-refractivity contribution in [3.63, 3.8) is 0 Å². The van der Waals surface area contributed by atoms with Gasteiger partial charge in [0.05, 0.1) is 17.3 Å². The summed E-state index contributed by atoms with van der Waals surface area (Å²) in [5.41, 5.74) is 0.390. The van der Waals surface area contributed by atoms with Crippen LogP contribution in [0.4, 0.5) is 0 Å². The van der Waals surface area contributed by atoms with Gasteiger partial charge in [-0.05, 0) is 41.9 Å². The van der Waals surface area contributed by atoms with Gasteiger partial charge >= 0.3 is 0 Å². The first-order valence-corrected chi connectivity index (χ1v) is 8.12. The van der Waals surface area contributed by atoms with E-state index in [1.54, 1.807) is 0 Å². The summed E-state index contributed by atoms with van der Waals surface area (Å²) in [5.74, 6) is 0.0507. The first-order chi connectivity index (χ1) is 8.93. The third-order valence-electron chi connectivity index (χ3n) is 3.04. The third-order valence-corrected chi connectivity index (χ3v) is 4.46. The Morgan fingerprint density at radius 2 is 2.16 bits per heavy atom. The number of carbonyl (C=O) groups excluding carboxylic acids is 1. The highest BCUT2D eigenvalue weighted by Gasteiger charge is 2.35. The molecular weight excluding hydrogens is 374 g/mol. The topological polar surface area (TPSA) is 29.5 Å². The highest BCUT2D eigenvalue weighted by Crippen LogP contribution is 2.25. The summed E-state index contributed by atoms with van der Waals surface area (Å²) in [6.45, 7) is 5.26. The molecule has 1 atom stereocenters. The summed E-state index contributed by atoms with van der Waals surface area (Å²) in [4.78, 5) is 14.5. The summed E-state index contributed by atoms with van der Waals surface area (Å²) >= 11 is 6.87. The maximum Gasteiger partial charge on any atom is 0.255 e. The highest BCUT2D eigenvalue weighted by molar-refractivity contribution is 9.10. The molecular formula is C14H17Br2NO2. The van der Waals surface area contributed by atoms with E-state index >= 15 is 0 Å². The number of amides is 1. The summed E-state index contributed by atoms with van der Waals surface area (Å²) in [7, 11) is 0. The van der Waals surface area contributed by atoms with E-state index in [4.69, 9.17) is 4.74 Å². The second kappa shape index (κ2) is 5.94. The van der Waals surface area contributed by atoms with Gasteiger partial charge in [0.1, 0.15) is 0 Å². The standard InChI is InChI=1S/C14H17Br2NO2/c1-14(2)9-17(8-10(7-15)19-14)13(18)11-5-3-4-6-12(11)16/h3-6,10H,7-9H2,1-2H3. The smallest absolute Gasteiger partial charge is 0.255 e. The van der Waals surface area contributed by atoms with E-state index < -0.39 is 0 Å². The van der Waals surface area contributed by atoms with E-state index in [0.717, 1.165) is 9.80 Å². The molecule has 1 aliphatic rings. The van der Waals surface area contributed by atoms with Crippen LogP contribution in [0, 0.1) is 0 Å². The van der Waals surface area contributed by atoms with Crippen LogP contribution in [-0.2, 0) is 4.74 Å². The monoisotopic (exact) mass is 389 g/mol. The fourth-order valence-electron chi connectivity index (χ4n) is 2.34. The largest absolute Gasteiger partial charge is 0.368 e. The molecule has 1 fully saturated rings. The van der Waals surface area contributed by atoms with Gasteiger partial charge in [-0.15, -0.1) is 0 Å². The van der Waals surface area contributed by atoms with Crippen LogP contribution in [0.15, 0.2) is 28.7 Å². The molecule has 1 aromatic carbocycles. The van der Waals surface area contributed by atoms with Crippen LogP contribution in [-0.4, -0.2) is 40.9 Å². The zero-order valence-electron chi connectivity index (χ0n) is 11.0. The lowest BCUT2D eigenvalue weighted by molar-refractivity contribution is -0.116. The Morgan fingerprint density at radius 3 is 2.79 bits per heavy atom. The number of morpholine rings is 1. The molecule has 0 aromatic heterocycles. The molecule has 5 heteroatoms. The summed E-state index contributed by atoms with van der Waals surface area (Å²) in [6.07, 6.45) is 0.0372. The van der Waals surface area contributed by atoms with Gasteiger partial charge in [0.25, 0.3) is 5.91 Å².